The van der Waals surface area contributed by atoms with Crippen molar-refractivity contribution in [2.75, 3.05) is 19.0 Å². The molecule has 140 valence electrons. The molecule has 0 unspecified atom stereocenters. The van der Waals surface area contributed by atoms with E-state index in [1.165, 1.54) is 0 Å². The molecule has 0 spiro atoms. The lowest BCUT2D eigenvalue weighted by atomic mass is 9.90. The van der Waals surface area contributed by atoms with E-state index in [1.54, 1.807) is 45.2 Å². The summed E-state index contributed by atoms with van der Waals surface area (Å²) < 4.78 is 5.11. The molecule has 0 bridgehead atoms. The summed E-state index contributed by atoms with van der Waals surface area (Å²) in [6.45, 7) is 3.52. The highest BCUT2D eigenvalue weighted by Gasteiger charge is 2.36. The van der Waals surface area contributed by atoms with Gasteiger partial charge in [0.15, 0.2) is 0 Å². The highest BCUT2D eigenvalue weighted by Crippen LogP contribution is 2.21. The van der Waals surface area contributed by atoms with Gasteiger partial charge in [0.2, 0.25) is 11.8 Å². The molecule has 0 aliphatic heterocycles. The third-order valence-electron chi connectivity index (χ3n) is 4.29. The molecule has 0 saturated carbocycles. The number of carbonyl (C=O) groups excluding carboxylic acids is 2. The SMILES string of the molecule is COc1ccc(CCNC(=O)C(C)(C)C(=O)Nc2ccccc2C#N)cc1. The number of rotatable bonds is 7. The maximum atomic E-state index is 12.6. The molecule has 2 rings (SSSR count). The number of hydrogen-bond donors (Lipinski definition) is 2. The first-order valence-electron chi connectivity index (χ1n) is 8.60. The minimum Gasteiger partial charge on any atom is -0.497 e. The Morgan fingerprint density at radius 3 is 2.37 bits per heavy atom. The van der Waals surface area contributed by atoms with Crippen LogP contribution in [-0.4, -0.2) is 25.5 Å². The molecule has 2 aromatic rings. The molecule has 0 atom stereocenters. The molecular formula is C21H23N3O3. The summed E-state index contributed by atoms with van der Waals surface area (Å²) in [6, 6.07) is 16.3. The molecule has 2 aromatic carbocycles. The summed E-state index contributed by atoms with van der Waals surface area (Å²) in [5, 5.41) is 14.6. The third kappa shape index (κ3) is 5.08. The first-order chi connectivity index (χ1) is 12.9. The molecule has 0 saturated heterocycles. The summed E-state index contributed by atoms with van der Waals surface area (Å²) in [5.41, 5.74) is 0.523. The fourth-order valence-electron chi connectivity index (χ4n) is 2.40. The number of anilines is 1. The van der Waals surface area contributed by atoms with E-state index in [4.69, 9.17) is 10.00 Å². The number of carbonyl (C=O) groups is 2. The van der Waals surface area contributed by atoms with Crippen LogP contribution in [0.5, 0.6) is 5.75 Å². The number of hydrogen-bond acceptors (Lipinski definition) is 4. The fourth-order valence-corrected chi connectivity index (χ4v) is 2.40. The molecular weight excluding hydrogens is 342 g/mol. The quantitative estimate of drug-likeness (QED) is 0.738. The third-order valence-corrected chi connectivity index (χ3v) is 4.29. The second kappa shape index (κ2) is 8.86. The second-order valence-corrected chi connectivity index (χ2v) is 6.59. The Kier molecular flexibility index (Phi) is 6.56. The summed E-state index contributed by atoms with van der Waals surface area (Å²) in [4.78, 5) is 25.0. The van der Waals surface area contributed by atoms with Gasteiger partial charge >= 0.3 is 0 Å². The van der Waals surface area contributed by atoms with Crippen molar-refractivity contribution in [1.29, 1.82) is 5.26 Å². The second-order valence-electron chi connectivity index (χ2n) is 6.59. The van der Waals surface area contributed by atoms with Gasteiger partial charge in [-0.15, -0.1) is 0 Å². The van der Waals surface area contributed by atoms with E-state index in [2.05, 4.69) is 10.6 Å². The van der Waals surface area contributed by atoms with Crippen molar-refractivity contribution in [3.8, 4) is 11.8 Å². The molecule has 2 amide bonds. The van der Waals surface area contributed by atoms with Gasteiger partial charge in [0.05, 0.1) is 18.4 Å². The monoisotopic (exact) mass is 365 g/mol. The van der Waals surface area contributed by atoms with Gasteiger partial charge in [0.25, 0.3) is 0 Å². The number of nitriles is 1. The van der Waals surface area contributed by atoms with E-state index >= 15 is 0 Å². The summed E-state index contributed by atoms with van der Waals surface area (Å²) >= 11 is 0. The van der Waals surface area contributed by atoms with E-state index in [1.807, 2.05) is 30.3 Å². The van der Waals surface area contributed by atoms with Crippen LogP contribution in [-0.2, 0) is 16.0 Å². The van der Waals surface area contributed by atoms with Gasteiger partial charge in [0.1, 0.15) is 17.2 Å². The Hall–Kier alpha value is -3.33. The average molecular weight is 365 g/mol. The predicted molar refractivity (Wildman–Crippen MR) is 103 cm³/mol. The van der Waals surface area contributed by atoms with E-state index < -0.39 is 11.3 Å². The molecule has 27 heavy (non-hydrogen) atoms. The van der Waals surface area contributed by atoms with Crippen LogP contribution in [0, 0.1) is 16.7 Å². The number of para-hydroxylation sites is 1. The van der Waals surface area contributed by atoms with Crippen molar-refractivity contribution >= 4 is 17.5 Å². The van der Waals surface area contributed by atoms with Crippen molar-refractivity contribution < 1.29 is 14.3 Å². The van der Waals surface area contributed by atoms with Crippen LogP contribution >= 0.6 is 0 Å². The van der Waals surface area contributed by atoms with Crippen molar-refractivity contribution in [3.63, 3.8) is 0 Å². The molecule has 0 radical (unpaired) electrons. The lowest BCUT2D eigenvalue weighted by Gasteiger charge is -2.23. The first-order valence-corrected chi connectivity index (χ1v) is 8.60. The topological polar surface area (TPSA) is 91.2 Å². The molecule has 2 N–H and O–H groups in total. The van der Waals surface area contributed by atoms with Crippen LogP contribution < -0.4 is 15.4 Å². The van der Waals surface area contributed by atoms with Gasteiger partial charge in [-0.3, -0.25) is 9.59 Å². The van der Waals surface area contributed by atoms with Crippen LogP contribution in [0.25, 0.3) is 0 Å². The number of methoxy groups -OCH3 is 1. The normalized spacial score (nSPS) is 10.6. The summed E-state index contributed by atoms with van der Waals surface area (Å²) in [5.74, 6) is -0.0617. The van der Waals surface area contributed by atoms with E-state index in [-0.39, 0.29) is 5.91 Å². The van der Waals surface area contributed by atoms with Crippen LogP contribution in [0.3, 0.4) is 0 Å². The highest BCUT2D eigenvalue weighted by molar-refractivity contribution is 6.10. The molecule has 0 aliphatic rings. The van der Waals surface area contributed by atoms with Gasteiger partial charge in [-0.1, -0.05) is 24.3 Å². The first kappa shape index (κ1) is 20.0. The number of benzene rings is 2. The number of ether oxygens (including phenoxy) is 1. The number of nitrogens with zero attached hydrogens (tertiary/aromatic N) is 1. The van der Waals surface area contributed by atoms with Gasteiger partial charge < -0.3 is 15.4 Å². The Balaban J connectivity index is 1.93. The fraction of sp³-hybridized carbons (Fsp3) is 0.286. The zero-order valence-corrected chi connectivity index (χ0v) is 15.7. The smallest absolute Gasteiger partial charge is 0.239 e. The van der Waals surface area contributed by atoms with Gasteiger partial charge in [0, 0.05) is 6.54 Å². The van der Waals surface area contributed by atoms with Crippen LogP contribution in [0.2, 0.25) is 0 Å². The van der Waals surface area contributed by atoms with Crippen molar-refractivity contribution in [3.05, 3.63) is 59.7 Å². The van der Waals surface area contributed by atoms with Gasteiger partial charge in [-0.05, 0) is 50.1 Å². The zero-order valence-electron chi connectivity index (χ0n) is 15.7. The Morgan fingerprint density at radius 2 is 1.74 bits per heavy atom. The van der Waals surface area contributed by atoms with E-state index in [0.29, 0.717) is 24.2 Å². The van der Waals surface area contributed by atoms with Crippen LogP contribution in [0.4, 0.5) is 5.69 Å². The van der Waals surface area contributed by atoms with E-state index in [0.717, 1.165) is 11.3 Å². The summed E-state index contributed by atoms with van der Waals surface area (Å²) in [6.07, 6.45) is 0.644. The predicted octanol–water partition coefficient (Wildman–Crippen LogP) is 2.89. The molecule has 0 aliphatic carbocycles. The van der Waals surface area contributed by atoms with Crippen molar-refractivity contribution in [1.82, 2.24) is 5.32 Å². The average Bonchev–Trinajstić information content (AvgIpc) is 2.68. The lowest BCUT2D eigenvalue weighted by molar-refractivity contribution is -0.138. The largest absolute Gasteiger partial charge is 0.497 e. The molecule has 0 heterocycles. The number of nitrogens with one attached hydrogen (secondary N) is 2. The standard InChI is InChI=1S/C21H23N3O3/c1-21(2,20(26)24-18-7-5-4-6-16(18)14-22)19(25)23-13-12-15-8-10-17(27-3)11-9-15/h4-11H,12-13H2,1-3H3,(H,23,25)(H,24,26). The molecule has 0 fully saturated rings. The summed E-state index contributed by atoms with van der Waals surface area (Å²) in [7, 11) is 1.61. The maximum Gasteiger partial charge on any atom is 0.239 e. The van der Waals surface area contributed by atoms with Crippen molar-refractivity contribution in [2.45, 2.75) is 20.3 Å². The maximum absolute atomic E-state index is 12.6. The van der Waals surface area contributed by atoms with Crippen LogP contribution in [0.15, 0.2) is 48.5 Å². The Morgan fingerprint density at radius 1 is 1.07 bits per heavy atom. The molecule has 6 heteroatoms. The van der Waals surface area contributed by atoms with Gasteiger partial charge in [-0.25, -0.2) is 0 Å². The lowest BCUT2D eigenvalue weighted by Crippen LogP contribution is -2.45. The van der Waals surface area contributed by atoms with Crippen molar-refractivity contribution in [2.24, 2.45) is 5.41 Å². The minimum absolute atomic E-state index is 0.349. The van der Waals surface area contributed by atoms with Crippen LogP contribution in [0.1, 0.15) is 25.0 Å². The number of amides is 2. The molecule has 0 aromatic heterocycles. The van der Waals surface area contributed by atoms with Gasteiger partial charge in [-0.2, -0.15) is 5.26 Å². The molecule has 6 nitrogen and oxygen atoms in total. The minimum atomic E-state index is -1.28. The Bertz CT molecular complexity index is 852. The van der Waals surface area contributed by atoms with E-state index in [9.17, 15) is 9.59 Å². The Labute approximate surface area is 159 Å². The highest BCUT2D eigenvalue weighted by atomic mass is 16.5. The zero-order chi connectivity index (χ0) is 19.9.